The lowest BCUT2D eigenvalue weighted by Crippen LogP contribution is -2.04. The highest BCUT2D eigenvalue weighted by Crippen LogP contribution is 2.05. The molecule has 0 aliphatic rings. The van der Waals surface area contributed by atoms with Crippen molar-refractivity contribution in [2.75, 3.05) is 6.61 Å². The molecule has 1 aromatic heterocycles. The van der Waals surface area contributed by atoms with E-state index in [1.165, 1.54) is 0 Å². The van der Waals surface area contributed by atoms with Gasteiger partial charge in [0.05, 0.1) is 18.5 Å². The van der Waals surface area contributed by atoms with E-state index in [4.69, 9.17) is 10.5 Å². The number of ether oxygens (including phenoxy) is 1. The average Bonchev–Trinajstić information content (AvgIpc) is 2.25. The Morgan fingerprint density at radius 1 is 1.50 bits per heavy atom. The Balaban J connectivity index is 2.38. The quantitative estimate of drug-likeness (QED) is 0.546. The molecular formula is C10H15N3O. The highest BCUT2D eigenvalue weighted by Gasteiger charge is 1.97. The Morgan fingerprint density at radius 2 is 2.36 bits per heavy atom. The fourth-order valence-corrected chi connectivity index (χ4v) is 0.959. The molecule has 2 N–H and O–H groups in total. The van der Waals surface area contributed by atoms with E-state index in [0.29, 0.717) is 19.0 Å². The molecule has 1 rings (SSSR count). The molecule has 0 aromatic carbocycles. The molecular weight excluding hydrogens is 178 g/mol. The molecule has 0 saturated carbocycles. The second-order valence-electron chi connectivity index (χ2n) is 2.83. The minimum atomic E-state index is 0.386. The first-order valence-electron chi connectivity index (χ1n) is 4.61. The summed E-state index contributed by atoms with van der Waals surface area (Å²) in [5, 5.41) is 0. The molecule has 0 radical (unpaired) electrons. The van der Waals surface area contributed by atoms with Crippen molar-refractivity contribution in [1.29, 1.82) is 0 Å². The molecule has 14 heavy (non-hydrogen) atoms. The summed E-state index contributed by atoms with van der Waals surface area (Å²) >= 11 is 0. The van der Waals surface area contributed by atoms with Crippen molar-refractivity contribution in [1.82, 2.24) is 9.97 Å². The van der Waals surface area contributed by atoms with Crippen LogP contribution in [0.5, 0.6) is 5.88 Å². The number of unbranched alkanes of at least 4 members (excludes halogenated alkanes) is 1. The number of hydrogen-bond acceptors (Lipinski definition) is 4. The number of nitrogens with two attached hydrogens (primary N) is 1. The van der Waals surface area contributed by atoms with Crippen molar-refractivity contribution in [3.05, 3.63) is 30.7 Å². The summed E-state index contributed by atoms with van der Waals surface area (Å²) in [6.45, 7) is 4.65. The fraction of sp³-hybridized carbons (Fsp3) is 0.400. The number of nitrogens with zero attached hydrogens (tertiary/aromatic N) is 2. The molecule has 0 unspecified atom stereocenters. The van der Waals surface area contributed by atoms with E-state index in [-0.39, 0.29) is 0 Å². The largest absolute Gasteiger partial charge is 0.477 e. The highest BCUT2D eigenvalue weighted by atomic mass is 16.5. The zero-order valence-electron chi connectivity index (χ0n) is 8.15. The number of rotatable bonds is 6. The molecule has 4 heteroatoms. The first-order chi connectivity index (χ1) is 6.86. The van der Waals surface area contributed by atoms with Gasteiger partial charge in [0.15, 0.2) is 0 Å². The van der Waals surface area contributed by atoms with Crippen LogP contribution in [0.25, 0.3) is 0 Å². The van der Waals surface area contributed by atoms with E-state index >= 15 is 0 Å². The van der Waals surface area contributed by atoms with Crippen LogP contribution >= 0.6 is 0 Å². The molecule has 0 saturated heterocycles. The lowest BCUT2D eigenvalue weighted by molar-refractivity contribution is 0.298. The van der Waals surface area contributed by atoms with Crippen molar-refractivity contribution >= 4 is 0 Å². The Kier molecular flexibility index (Phi) is 4.64. The van der Waals surface area contributed by atoms with Crippen LogP contribution in [0.3, 0.4) is 0 Å². The minimum Gasteiger partial charge on any atom is -0.477 e. The van der Waals surface area contributed by atoms with E-state index in [9.17, 15) is 0 Å². The standard InChI is InChI=1S/C10H15N3O/c1-2-3-4-5-14-10-8-12-7-9(6-11)13-10/h2,7-8H,1,3-6,11H2. The van der Waals surface area contributed by atoms with Crippen molar-refractivity contribution in [2.24, 2.45) is 5.73 Å². The summed E-state index contributed by atoms with van der Waals surface area (Å²) < 4.78 is 5.37. The van der Waals surface area contributed by atoms with Gasteiger partial charge in [0.1, 0.15) is 0 Å². The molecule has 0 aliphatic heterocycles. The molecule has 1 heterocycles. The maximum Gasteiger partial charge on any atom is 0.232 e. The monoisotopic (exact) mass is 193 g/mol. The third-order valence-corrected chi connectivity index (χ3v) is 1.67. The van der Waals surface area contributed by atoms with Crippen molar-refractivity contribution in [3.63, 3.8) is 0 Å². The van der Waals surface area contributed by atoms with Gasteiger partial charge in [0.25, 0.3) is 0 Å². The molecule has 0 amide bonds. The van der Waals surface area contributed by atoms with Crippen LogP contribution in [-0.4, -0.2) is 16.6 Å². The van der Waals surface area contributed by atoms with Gasteiger partial charge in [0, 0.05) is 12.7 Å². The van der Waals surface area contributed by atoms with Gasteiger partial charge in [-0.05, 0) is 12.8 Å². The van der Waals surface area contributed by atoms with Crippen LogP contribution in [0, 0.1) is 0 Å². The number of aromatic nitrogens is 2. The zero-order chi connectivity index (χ0) is 10.2. The zero-order valence-corrected chi connectivity index (χ0v) is 8.15. The van der Waals surface area contributed by atoms with E-state index < -0.39 is 0 Å². The molecule has 4 nitrogen and oxygen atoms in total. The molecule has 76 valence electrons. The fourth-order valence-electron chi connectivity index (χ4n) is 0.959. The third-order valence-electron chi connectivity index (χ3n) is 1.67. The van der Waals surface area contributed by atoms with Crippen molar-refractivity contribution in [2.45, 2.75) is 19.4 Å². The second-order valence-corrected chi connectivity index (χ2v) is 2.83. The maximum absolute atomic E-state index is 5.42. The maximum atomic E-state index is 5.42. The summed E-state index contributed by atoms with van der Waals surface area (Å²) in [7, 11) is 0. The SMILES string of the molecule is C=CCCCOc1cncc(CN)n1. The van der Waals surface area contributed by atoms with Gasteiger partial charge in [-0.1, -0.05) is 6.08 Å². The van der Waals surface area contributed by atoms with Gasteiger partial charge in [-0.15, -0.1) is 6.58 Å². The van der Waals surface area contributed by atoms with Gasteiger partial charge in [-0.25, -0.2) is 4.98 Å². The molecule has 0 fully saturated rings. The smallest absolute Gasteiger partial charge is 0.232 e. The van der Waals surface area contributed by atoms with E-state index in [2.05, 4.69) is 16.5 Å². The first kappa shape index (κ1) is 10.7. The van der Waals surface area contributed by atoms with Crippen LogP contribution in [0.2, 0.25) is 0 Å². The summed E-state index contributed by atoms with van der Waals surface area (Å²) in [6.07, 6.45) is 6.98. The topological polar surface area (TPSA) is 61.0 Å². The van der Waals surface area contributed by atoms with Gasteiger partial charge in [-0.2, -0.15) is 0 Å². The Morgan fingerprint density at radius 3 is 3.07 bits per heavy atom. The summed E-state index contributed by atoms with van der Waals surface area (Å²) in [5.74, 6) is 0.539. The molecule has 1 aromatic rings. The number of allylic oxidation sites excluding steroid dienone is 1. The Hall–Kier alpha value is -1.42. The third kappa shape index (κ3) is 3.53. The van der Waals surface area contributed by atoms with Crippen LogP contribution in [0.15, 0.2) is 25.0 Å². The summed E-state index contributed by atoms with van der Waals surface area (Å²) in [6, 6.07) is 0. The van der Waals surface area contributed by atoms with E-state index in [1.807, 2.05) is 6.08 Å². The summed E-state index contributed by atoms with van der Waals surface area (Å²) in [4.78, 5) is 8.12. The van der Waals surface area contributed by atoms with Crippen LogP contribution in [-0.2, 0) is 6.54 Å². The average molecular weight is 193 g/mol. The number of hydrogen-bond donors (Lipinski definition) is 1. The molecule has 0 atom stereocenters. The van der Waals surface area contributed by atoms with Crippen molar-refractivity contribution < 1.29 is 4.74 Å². The van der Waals surface area contributed by atoms with Crippen LogP contribution in [0.1, 0.15) is 18.5 Å². The lowest BCUT2D eigenvalue weighted by atomic mass is 10.3. The van der Waals surface area contributed by atoms with Gasteiger partial charge in [-0.3, -0.25) is 4.98 Å². The van der Waals surface area contributed by atoms with Crippen molar-refractivity contribution in [3.8, 4) is 5.88 Å². The predicted octanol–water partition coefficient (Wildman–Crippen LogP) is 1.28. The Labute approximate surface area is 83.8 Å². The minimum absolute atomic E-state index is 0.386. The van der Waals surface area contributed by atoms with Gasteiger partial charge >= 0.3 is 0 Å². The Bertz CT molecular complexity index is 288. The van der Waals surface area contributed by atoms with E-state index in [1.54, 1.807) is 12.4 Å². The highest BCUT2D eigenvalue weighted by molar-refractivity contribution is 5.07. The van der Waals surface area contributed by atoms with Crippen LogP contribution in [0.4, 0.5) is 0 Å². The van der Waals surface area contributed by atoms with Gasteiger partial charge in [0.2, 0.25) is 5.88 Å². The second kappa shape index (κ2) is 6.10. The predicted molar refractivity (Wildman–Crippen MR) is 54.8 cm³/mol. The molecule has 0 aliphatic carbocycles. The normalized spacial score (nSPS) is 9.79. The molecule has 0 spiro atoms. The lowest BCUT2D eigenvalue weighted by Gasteiger charge is -2.04. The summed E-state index contributed by atoms with van der Waals surface area (Å²) in [5.41, 5.74) is 6.17. The first-order valence-corrected chi connectivity index (χ1v) is 4.61. The van der Waals surface area contributed by atoms with Gasteiger partial charge < -0.3 is 10.5 Å². The molecule has 0 bridgehead atoms. The van der Waals surface area contributed by atoms with E-state index in [0.717, 1.165) is 18.5 Å². The van der Waals surface area contributed by atoms with Crippen LogP contribution < -0.4 is 10.5 Å².